The number of benzene rings is 1. The summed E-state index contributed by atoms with van der Waals surface area (Å²) in [5, 5.41) is 14.7. The Morgan fingerprint density at radius 2 is 2.04 bits per heavy atom. The third-order valence-electron chi connectivity index (χ3n) is 3.32. The van der Waals surface area contributed by atoms with Gasteiger partial charge in [0, 0.05) is 5.38 Å². The second-order valence-electron chi connectivity index (χ2n) is 4.86. The molecule has 3 rings (SSSR count). The van der Waals surface area contributed by atoms with E-state index >= 15 is 0 Å². The van der Waals surface area contributed by atoms with Crippen LogP contribution in [0.5, 0.6) is 0 Å². The average molecular weight is 342 g/mol. The fourth-order valence-electron chi connectivity index (χ4n) is 2.13. The molecule has 0 aliphatic rings. The van der Waals surface area contributed by atoms with Crippen molar-refractivity contribution in [3.05, 3.63) is 64.1 Å². The molecule has 0 aliphatic carbocycles. The van der Waals surface area contributed by atoms with Gasteiger partial charge in [0.1, 0.15) is 5.69 Å². The minimum atomic E-state index is -0.552. The second kappa shape index (κ2) is 7.05. The number of hydrogen-bond donors (Lipinski definition) is 1. The van der Waals surface area contributed by atoms with Crippen LogP contribution in [0.2, 0.25) is 0 Å². The Kier molecular flexibility index (Phi) is 4.66. The summed E-state index contributed by atoms with van der Waals surface area (Å²) >= 11 is 1.56. The number of esters is 1. The summed E-state index contributed by atoms with van der Waals surface area (Å²) in [4.78, 5) is 24.0. The fourth-order valence-corrected chi connectivity index (χ4v) is 2.75. The Hall–Kier alpha value is -3.00. The first kappa shape index (κ1) is 15.9. The van der Waals surface area contributed by atoms with E-state index in [1.807, 2.05) is 16.8 Å². The molecule has 0 radical (unpaired) electrons. The van der Waals surface area contributed by atoms with Crippen LogP contribution in [0.25, 0.3) is 5.69 Å². The molecule has 0 atom stereocenters. The lowest BCUT2D eigenvalue weighted by atomic mass is 10.1. The van der Waals surface area contributed by atoms with Gasteiger partial charge < -0.3 is 10.1 Å². The van der Waals surface area contributed by atoms with Gasteiger partial charge in [-0.1, -0.05) is 17.3 Å². The highest BCUT2D eigenvalue weighted by Crippen LogP contribution is 2.12. The average Bonchev–Trinajstić information content (AvgIpc) is 3.30. The van der Waals surface area contributed by atoms with Crippen LogP contribution in [-0.4, -0.2) is 34.0 Å². The summed E-state index contributed by atoms with van der Waals surface area (Å²) in [5.41, 5.74) is 2.01. The molecule has 0 aliphatic heterocycles. The molecule has 8 heteroatoms. The van der Waals surface area contributed by atoms with Crippen molar-refractivity contribution in [2.24, 2.45) is 0 Å². The molecule has 1 amide bonds. The van der Waals surface area contributed by atoms with Gasteiger partial charge in [0.2, 0.25) is 0 Å². The highest BCUT2D eigenvalue weighted by Gasteiger charge is 2.17. The first-order chi connectivity index (χ1) is 11.7. The zero-order valence-corrected chi connectivity index (χ0v) is 13.6. The zero-order chi connectivity index (χ0) is 16.9. The van der Waals surface area contributed by atoms with Crippen molar-refractivity contribution < 1.29 is 14.3 Å². The summed E-state index contributed by atoms with van der Waals surface area (Å²) in [6.07, 6.45) is 1.74. The van der Waals surface area contributed by atoms with Crippen molar-refractivity contribution in [3.8, 4) is 5.69 Å². The van der Waals surface area contributed by atoms with E-state index in [9.17, 15) is 9.59 Å². The number of methoxy groups -OCH3 is 1. The van der Waals surface area contributed by atoms with Gasteiger partial charge in [-0.3, -0.25) is 4.79 Å². The standard InChI is InChI=1S/C16H14N4O3S/c1-23-16(22)14-5-3-2-4-13(14)15(21)17-8-11-9-20(19-18-11)12-6-7-24-10-12/h2-7,9-10H,8H2,1H3,(H,17,21). The Labute approximate surface area is 141 Å². The largest absolute Gasteiger partial charge is 0.465 e. The predicted molar refractivity (Wildman–Crippen MR) is 88.2 cm³/mol. The number of aromatic nitrogens is 3. The van der Waals surface area contributed by atoms with Crippen molar-refractivity contribution in [2.75, 3.05) is 7.11 Å². The number of carbonyl (C=O) groups is 2. The number of nitrogens with zero attached hydrogens (tertiary/aromatic N) is 3. The normalized spacial score (nSPS) is 10.4. The van der Waals surface area contributed by atoms with E-state index in [1.54, 1.807) is 46.5 Å². The number of rotatable bonds is 5. The summed E-state index contributed by atoms with van der Waals surface area (Å²) in [6, 6.07) is 8.41. The van der Waals surface area contributed by atoms with Crippen molar-refractivity contribution in [2.45, 2.75) is 6.54 Å². The minimum Gasteiger partial charge on any atom is -0.465 e. The monoisotopic (exact) mass is 342 g/mol. The molecule has 0 spiro atoms. The molecule has 0 bridgehead atoms. The van der Waals surface area contributed by atoms with Crippen LogP contribution in [0, 0.1) is 0 Å². The predicted octanol–water partition coefficient (Wildman–Crippen LogP) is 2.05. The molecule has 1 N–H and O–H groups in total. The van der Waals surface area contributed by atoms with Crippen molar-refractivity contribution in [1.29, 1.82) is 0 Å². The van der Waals surface area contributed by atoms with Gasteiger partial charge in [0.05, 0.1) is 36.7 Å². The number of carbonyl (C=O) groups excluding carboxylic acids is 2. The number of thiophene rings is 1. The summed E-state index contributed by atoms with van der Waals surface area (Å²) in [6.45, 7) is 0.207. The lowest BCUT2D eigenvalue weighted by molar-refractivity contribution is 0.0596. The maximum Gasteiger partial charge on any atom is 0.338 e. The van der Waals surface area contributed by atoms with E-state index in [0.717, 1.165) is 5.69 Å². The van der Waals surface area contributed by atoms with Gasteiger partial charge in [0.25, 0.3) is 5.91 Å². The minimum absolute atomic E-state index is 0.207. The Morgan fingerprint density at radius 1 is 1.25 bits per heavy atom. The Balaban J connectivity index is 1.69. The Bertz CT molecular complexity index is 858. The van der Waals surface area contributed by atoms with Crippen LogP contribution in [0.3, 0.4) is 0 Å². The first-order valence-corrected chi connectivity index (χ1v) is 8.02. The lowest BCUT2D eigenvalue weighted by Crippen LogP contribution is -2.25. The molecule has 2 aromatic heterocycles. The third-order valence-corrected chi connectivity index (χ3v) is 3.99. The van der Waals surface area contributed by atoms with Crippen LogP contribution >= 0.6 is 11.3 Å². The molecule has 0 saturated heterocycles. The van der Waals surface area contributed by atoms with E-state index in [1.165, 1.54) is 7.11 Å². The summed E-state index contributed by atoms with van der Waals surface area (Å²) in [7, 11) is 1.28. The molecule has 0 unspecified atom stereocenters. The zero-order valence-electron chi connectivity index (χ0n) is 12.8. The molecular weight excluding hydrogens is 328 g/mol. The quantitative estimate of drug-likeness (QED) is 0.717. The molecular formula is C16H14N4O3S. The van der Waals surface area contributed by atoms with Crippen LogP contribution in [-0.2, 0) is 11.3 Å². The smallest absolute Gasteiger partial charge is 0.338 e. The maximum atomic E-state index is 12.3. The topological polar surface area (TPSA) is 86.1 Å². The van der Waals surface area contributed by atoms with Gasteiger partial charge in [0.15, 0.2) is 0 Å². The number of hydrogen-bond acceptors (Lipinski definition) is 6. The van der Waals surface area contributed by atoms with Crippen LogP contribution in [0.1, 0.15) is 26.4 Å². The number of nitrogens with one attached hydrogen (secondary N) is 1. The van der Waals surface area contributed by atoms with E-state index in [-0.39, 0.29) is 23.6 Å². The number of amides is 1. The van der Waals surface area contributed by atoms with Crippen molar-refractivity contribution in [3.63, 3.8) is 0 Å². The van der Waals surface area contributed by atoms with Gasteiger partial charge >= 0.3 is 5.97 Å². The SMILES string of the molecule is COC(=O)c1ccccc1C(=O)NCc1cn(-c2ccsc2)nn1. The number of ether oxygens (including phenoxy) is 1. The lowest BCUT2D eigenvalue weighted by Gasteiger charge is -2.07. The molecule has 0 fully saturated rings. The highest BCUT2D eigenvalue weighted by atomic mass is 32.1. The van der Waals surface area contributed by atoms with Gasteiger partial charge in [-0.15, -0.1) is 5.10 Å². The molecule has 7 nitrogen and oxygen atoms in total. The van der Waals surface area contributed by atoms with Crippen molar-refractivity contribution in [1.82, 2.24) is 20.3 Å². The van der Waals surface area contributed by atoms with E-state index < -0.39 is 5.97 Å². The third kappa shape index (κ3) is 3.33. The second-order valence-corrected chi connectivity index (χ2v) is 5.64. The summed E-state index contributed by atoms with van der Waals surface area (Å²) in [5.74, 6) is -0.926. The fraction of sp³-hybridized carbons (Fsp3) is 0.125. The molecule has 2 heterocycles. The summed E-state index contributed by atoms with van der Waals surface area (Å²) < 4.78 is 6.33. The van der Waals surface area contributed by atoms with Gasteiger partial charge in [-0.2, -0.15) is 11.3 Å². The Morgan fingerprint density at radius 3 is 2.75 bits per heavy atom. The maximum absolute atomic E-state index is 12.3. The van der Waals surface area contributed by atoms with E-state index in [0.29, 0.717) is 5.69 Å². The molecule has 122 valence electrons. The van der Waals surface area contributed by atoms with Crippen LogP contribution < -0.4 is 5.32 Å². The molecule has 0 saturated carbocycles. The highest BCUT2D eigenvalue weighted by molar-refractivity contribution is 7.08. The molecule has 1 aromatic carbocycles. The molecule has 3 aromatic rings. The van der Waals surface area contributed by atoms with Crippen LogP contribution in [0.4, 0.5) is 0 Å². The van der Waals surface area contributed by atoms with E-state index in [2.05, 4.69) is 15.6 Å². The van der Waals surface area contributed by atoms with Crippen molar-refractivity contribution >= 4 is 23.2 Å². The molecule has 24 heavy (non-hydrogen) atoms. The van der Waals surface area contributed by atoms with E-state index in [4.69, 9.17) is 4.74 Å². The van der Waals surface area contributed by atoms with Gasteiger partial charge in [-0.25, -0.2) is 9.48 Å². The van der Waals surface area contributed by atoms with Crippen LogP contribution in [0.15, 0.2) is 47.3 Å². The first-order valence-electron chi connectivity index (χ1n) is 7.08. The van der Waals surface area contributed by atoms with Gasteiger partial charge in [-0.05, 0) is 23.6 Å².